The highest BCUT2D eigenvalue weighted by Gasteiger charge is 2.38. The van der Waals surface area contributed by atoms with Crippen LogP contribution in [0.1, 0.15) is 27.5 Å². The Morgan fingerprint density at radius 3 is 2.61 bits per heavy atom. The molecule has 0 saturated carbocycles. The second-order valence-electron chi connectivity index (χ2n) is 6.03. The van der Waals surface area contributed by atoms with Gasteiger partial charge in [0.1, 0.15) is 18.1 Å². The Kier molecular flexibility index (Phi) is 6.13. The number of primary amides is 1. The minimum Gasteiger partial charge on any atom is -0.445 e. The number of amides is 2. The normalized spacial score (nSPS) is 11.2. The topological polar surface area (TPSA) is 133 Å². The van der Waals surface area contributed by atoms with Crippen LogP contribution in [0.15, 0.2) is 41.1 Å². The van der Waals surface area contributed by atoms with Gasteiger partial charge in [0, 0.05) is 29.4 Å². The smallest absolute Gasteiger partial charge is 0.445 e. The van der Waals surface area contributed by atoms with Gasteiger partial charge in [-0.15, -0.1) is 0 Å². The van der Waals surface area contributed by atoms with Crippen molar-refractivity contribution in [2.24, 2.45) is 5.73 Å². The van der Waals surface area contributed by atoms with Crippen LogP contribution in [0, 0.1) is 5.82 Å². The van der Waals surface area contributed by atoms with E-state index in [2.05, 4.69) is 25.0 Å². The van der Waals surface area contributed by atoms with E-state index in [0.29, 0.717) is 5.56 Å². The summed E-state index contributed by atoms with van der Waals surface area (Å²) >= 11 is 0. The van der Waals surface area contributed by atoms with Crippen LogP contribution in [-0.4, -0.2) is 27.1 Å². The molecule has 0 radical (unpaired) electrons. The lowest BCUT2D eigenvalue weighted by atomic mass is 10.1. The van der Waals surface area contributed by atoms with Crippen LogP contribution < -0.4 is 11.1 Å². The monoisotopic (exact) mass is 439 g/mol. The summed E-state index contributed by atoms with van der Waals surface area (Å²) in [6, 6.07) is 6.44. The minimum absolute atomic E-state index is 0.0273. The predicted octanol–water partition coefficient (Wildman–Crippen LogP) is 2.81. The van der Waals surface area contributed by atoms with Crippen LogP contribution in [0.5, 0.6) is 0 Å². The van der Waals surface area contributed by atoms with Gasteiger partial charge in [0.2, 0.25) is 5.82 Å². The number of carbonyl (C=O) groups is 2. The molecule has 1 aromatic carbocycles. The molecule has 2 amide bonds. The largest absolute Gasteiger partial charge is 0.471 e. The molecule has 31 heavy (non-hydrogen) atoms. The molecule has 3 rings (SSSR count). The number of carbonyl (C=O) groups excluding carboxylic acids is 2. The zero-order chi connectivity index (χ0) is 22.6. The molecule has 0 bridgehead atoms. The fourth-order valence-electron chi connectivity index (χ4n) is 2.42. The second kappa shape index (κ2) is 8.77. The minimum atomic E-state index is -4.82. The zero-order valence-corrected chi connectivity index (χ0v) is 15.4. The van der Waals surface area contributed by atoms with Gasteiger partial charge in [-0.25, -0.2) is 9.18 Å². The van der Waals surface area contributed by atoms with E-state index in [9.17, 15) is 27.2 Å². The molecule has 0 aliphatic rings. The first-order valence-electron chi connectivity index (χ1n) is 8.49. The zero-order valence-electron chi connectivity index (χ0n) is 15.4. The third-order valence-electron chi connectivity index (χ3n) is 3.89. The van der Waals surface area contributed by atoms with E-state index in [4.69, 9.17) is 10.5 Å². The number of alkyl halides is 3. The Labute approximate surface area is 171 Å². The molecule has 0 spiro atoms. The Bertz CT molecular complexity index is 1120. The predicted molar refractivity (Wildman–Crippen MR) is 94.5 cm³/mol. The summed E-state index contributed by atoms with van der Waals surface area (Å²) in [4.78, 5) is 30.1. The van der Waals surface area contributed by atoms with Crippen molar-refractivity contribution < 1.29 is 36.4 Å². The molecule has 0 atom stereocenters. The van der Waals surface area contributed by atoms with E-state index in [1.165, 1.54) is 30.5 Å². The quantitative estimate of drug-likeness (QED) is 0.564. The number of alkyl carbamates (subject to hydrolysis) is 1. The van der Waals surface area contributed by atoms with Crippen molar-refractivity contribution in [2.75, 3.05) is 0 Å². The van der Waals surface area contributed by atoms with Crippen LogP contribution in [0.3, 0.4) is 0 Å². The molecule has 2 aromatic heterocycles. The summed E-state index contributed by atoms with van der Waals surface area (Å²) in [5.74, 6) is -3.60. The maximum absolute atomic E-state index is 14.3. The van der Waals surface area contributed by atoms with Gasteiger partial charge in [-0.2, -0.15) is 18.2 Å². The molecule has 3 N–H and O–H groups in total. The average Bonchev–Trinajstić information content (AvgIpc) is 3.22. The van der Waals surface area contributed by atoms with Crippen molar-refractivity contribution in [3.05, 3.63) is 65.1 Å². The first kappa shape index (κ1) is 21.7. The Hall–Kier alpha value is -4.03. The summed E-state index contributed by atoms with van der Waals surface area (Å²) in [6.07, 6.45) is -4.37. The molecule has 13 heteroatoms. The van der Waals surface area contributed by atoms with E-state index >= 15 is 0 Å². The van der Waals surface area contributed by atoms with Crippen LogP contribution in [0.25, 0.3) is 11.4 Å². The van der Waals surface area contributed by atoms with Crippen LogP contribution in [0.4, 0.5) is 22.4 Å². The van der Waals surface area contributed by atoms with Crippen molar-refractivity contribution in [1.82, 2.24) is 20.4 Å². The van der Waals surface area contributed by atoms with Gasteiger partial charge in [-0.05, 0) is 12.1 Å². The number of hydrogen-bond donors (Lipinski definition) is 2. The molecular formula is C18H13F4N5O4. The number of benzene rings is 1. The molecular weight excluding hydrogens is 426 g/mol. The molecule has 0 fully saturated rings. The molecule has 9 nitrogen and oxygen atoms in total. The Morgan fingerprint density at radius 2 is 1.97 bits per heavy atom. The van der Waals surface area contributed by atoms with Crippen molar-refractivity contribution in [2.45, 2.75) is 19.3 Å². The number of pyridine rings is 1. The van der Waals surface area contributed by atoms with E-state index < -0.39 is 35.7 Å². The lowest BCUT2D eigenvalue weighted by molar-refractivity contribution is -0.159. The average molecular weight is 439 g/mol. The molecule has 0 aliphatic carbocycles. The number of nitrogens with one attached hydrogen (secondary N) is 1. The fraction of sp³-hybridized carbons (Fsp3) is 0.167. The van der Waals surface area contributed by atoms with Gasteiger partial charge < -0.3 is 20.3 Å². The van der Waals surface area contributed by atoms with E-state index in [1.54, 1.807) is 0 Å². The highest BCUT2D eigenvalue weighted by atomic mass is 19.4. The van der Waals surface area contributed by atoms with Gasteiger partial charge >= 0.3 is 18.2 Å². The lowest BCUT2D eigenvalue weighted by Crippen LogP contribution is -2.25. The number of nitrogens with two attached hydrogens (primary N) is 1. The maximum Gasteiger partial charge on any atom is 0.471 e. The van der Waals surface area contributed by atoms with Gasteiger partial charge in [-0.1, -0.05) is 23.4 Å². The summed E-state index contributed by atoms with van der Waals surface area (Å²) < 4.78 is 60.9. The summed E-state index contributed by atoms with van der Waals surface area (Å²) in [7, 11) is 0. The number of ether oxygens (including phenoxy) is 1. The van der Waals surface area contributed by atoms with Crippen molar-refractivity contribution in [3.63, 3.8) is 0 Å². The highest BCUT2D eigenvalue weighted by molar-refractivity contribution is 5.92. The SMILES string of the molecule is NC(=O)c1ncccc1COC(=O)NCc1ccc(-c2noc(C(F)(F)F)n2)cc1F. The second-order valence-corrected chi connectivity index (χ2v) is 6.03. The van der Waals surface area contributed by atoms with Gasteiger partial charge in [0.25, 0.3) is 5.91 Å². The van der Waals surface area contributed by atoms with Crippen molar-refractivity contribution >= 4 is 12.0 Å². The Balaban J connectivity index is 1.59. The lowest BCUT2D eigenvalue weighted by Gasteiger charge is -2.09. The molecule has 0 saturated heterocycles. The van der Waals surface area contributed by atoms with E-state index in [0.717, 1.165) is 6.07 Å². The fourth-order valence-corrected chi connectivity index (χ4v) is 2.42. The summed E-state index contributed by atoms with van der Waals surface area (Å²) in [5.41, 5.74) is 5.41. The molecule has 2 heterocycles. The van der Waals surface area contributed by atoms with E-state index in [1.807, 2.05) is 0 Å². The van der Waals surface area contributed by atoms with Gasteiger partial charge in [-0.3, -0.25) is 9.78 Å². The third-order valence-corrected chi connectivity index (χ3v) is 3.89. The summed E-state index contributed by atoms with van der Waals surface area (Å²) in [5, 5.41) is 5.48. The molecule has 3 aromatic rings. The number of aromatic nitrogens is 3. The molecule has 0 aliphatic heterocycles. The Morgan fingerprint density at radius 1 is 1.19 bits per heavy atom. The molecule has 0 unspecified atom stereocenters. The third kappa shape index (κ3) is 5.32. The van der Waals surface area contributed by atoms with Crippen molar-refractivity contribution in [3.8, 4) is 11.4 Å². The van der Waals surface area contributed by atoms with Gasteiger partial charge in [0.05, 0.1) is 0 Å². The first-order valence-corrected chi connectivity index (χ1v) is 8.49. The first-order chi connectivity index (χ1) is 14.6. The van der Waals surface area contributed by atoms with Crippen LogP contribution >= 0.6 is 0 Å². The number of nitrogens with zero attached hydrogens (tertiary/aromatic N) is 3. The highest BCUT2D eigenvalue weighted by Crippen LogP contribution is 2.29. The number of rotatable bonds is 6. The molecule has 162 valence electrons. The van der Waals surface area contributed by atoms with Crippen molar-refractivity contribution in [1.29, 1.82) is 0 Å². The number of halogens is 4. The van der Waals surface area contributed by atoms with Gasteiger partial charge in [0.15, 0.2) is 0 Å². The summed E-state index contributed by atoms with van der Waals surface area (Å²) in [6.45, 7) is -0.570. The standard InChI is InChI=1S/C18H13F4N5O4/c19-12-6-9(15-26-16(31-27-15)18(20,21)22)3-4-10(12)7-25-17(29)30-8-11-2-1-5-24-13(11)14(23)28/h1-6H,7-8H2,(H2,23,28)(H,25,29). The number of hydrogen-bond acceptors (Lipinski definition) is 7. The maximum atomic E-state index is 14.3. The van der Waals surface area contributed by atoms with Crippen LogP contribution in [-0.2, 0) is 24.1 Å². The van der Waals surface area contributed by atoms with E-state index in [-0.39, 0.29) is 30.0 Å². The van der Waals surface area contributed by atoms with Crippen LogP contribution in [0.2, 0.25) is 0 Å².